The van der Waals surface area contributed by atoms with Gasteiger partial charge in [-0.05, 0) is 43.9 Å². The Kier molecular flexibility index (Phi) is 10.5. The van der Waals surface area contributed by atoms with E-state index in [2.05, 4.69) is 57.3 Å². The van der Waals surface area contributed by atoms with Crippen molar-refractivity contribution in [2.75, 3.05) is 20.1 Å². The second-order valence-electron chi connectivity index (χ2n) is 8.43. The second-order valence-corrected chi connectivity index (χ2v) is 8.43. The molecular weight excluding hydrogens is 404 g/mol. The zero-order valence-electron chi connectivity index (χ0n) is 19.6. The third-order valence-electron chi connectivity index (χ3n) is 4.40. The lowest BCUT2D eigenvalue weighted by atomic mass is 10.1. The largest absolute Gasteiger partial charge is 0.444 e. The monoisotopic (exact) mass is 440 g/mol. The number of alkyl carbamates (subject to hydrolysis) is 1. The van der Waals surface area contributed by atoms with Gasteiger partial charge in [0.1, 0.15) is 5.60 Å². The van der Waals surface area contributed by atoms with Gasteiger partial charge in [-0.2, -0.15) is 0 Å². The van der Waals surface area contributed by atoms with Crippen molar-refractivity contribution in [3.05, 3.63) is 71.3 Å². The van der Waals surface area contributed by atoms with Crippen LogP contribution < -0.4 is 16.0 Å². The number of hydrogen-bond acceptors (Lipinski definition) is 4. The third kappa shape index (κ3) is 10.8. The number of amides is 1. The third-order valence-corrected chi connectivity index (χ3v) is 4.40. The van der Waals surface area contributed by atoms with Crippen LogP contribution in [0.2, 0.25) is 0 Å². The highest BCUT2D eigenvalue weighted by Gasteiger charge is 2.15. The smallest absolute Gasteiger partial charge is 0.407 e. The lowest BCUT2D eigenvalue weighted by molar-refractivity contribution is 0.0527. The van der Waals surface area contributed by atoms with Crippen molar-refractivity contribution >= 4 is 12.1 Å². The molecule has 0 aliphatic carbocycles. The summed E-state index contributed by atoms with van der Waals surface area (Å²) in [6, 6.07) is 18.5. The van der Waals surface area contributed by atoms with Gasteiger partial charge in [-0.25, -0.2) is 4.79 Å². The van der Waals surface area contributed by atoms with E-state index in [1.807, 2.05) is 39.0 Å². The number of carbonyl (C=O) groups is 1. The van der Waals surface area contributed by atoms with Crippen LogP contribution in [0.15, 0.2) is 59.6 Å². The zero-order valence-corrected chi connectivity index (χ0v) is 19.6. The fourth-order valence-electron chi connectivity index (χ4n) is 2.82. The Balaban J connectivity index is 1.61. The van der Waals surface area contributed by atoms with E-state index < -0.39 is 11.7 Å². The van der Waals surface area contributed by atoms with E-state index in [1.165, 1.54) is 5.56 Å². The van der Waals surface area contributed by atoms with Crippen molar-refractivity contribution in [2.24, 2.45) is 4.99 Å². The number of hydrogen-bond donors (Lipinski definition) is 3. The van der Waals surface area contributed by atoms with E-state index >= 15 is 0 Å². The van der Waals surface area contributed by atoms with E-state index in [-0.39, 0.29) is 0 Å². The number of nitrogens with one attached hydrogen (secondary N) is 3. The van der Waals surface area contributed by atoms with Crippen LogP contribution in [0.3, 0.4) is 0 Å². The summed E-state index contributed by atoms with van der Waals surface area (Å²) in [4.78, 5) is 15.9. The Labute approximate surface area is 191 Å². The van der Waals surface area contributed by atoms with E-state index in [9.17, 15) is 4.79 Å². The predicted molar refractivity (Wildman–Crippen MR) is 128 cm³/mol. The van der Waals surface area contributed by atoms with Gasteiger partial charge in [-0.3, -0.25) is 4.99 Å². The van der Waals surface area contributed by atoms with Gasteiger partial charge in [0.2, 0.25) is 0 Å². The lowest BCUT2D eigenvalue weighted by Crippen LogP contribution is -2.39. The molecule has 3 N–H and O–H groups in total. The summed E-state index contributed by atoms with van der Waals surface area (Å²) in [5.41, 5.74) is 2.99. The topological polar surface area (TPSA) is 84.0 Å². The maximum atomic E-state index is 11.6. The predicted octanol–water partition coefficient (Wildman–Crippen LogP) is 3.98. The molecule has 0 bridgehead atoms. The summed E-state index contributed by atoms with van der Waals surface area (Å²) < 4.78 is 11.0. The highest BCUT2D eigenvalue weighted by Crippen LogP contribution is 2.08. The van der Waals surface area contributed by atoms with E-state index in [4.69, 9.17) is 9.47 Å². The first kappa shape index (κ1) is 25.2. The van der Waals surface area contributed by atoms with Crippen LogP contribution in [0.25, 0.3) is 0 Å². The molecule has 0 fully saturated rings. The second kappa shape index (κ2) is 13.4. The molecule has 32 heavy (non-hydrogen) atoms. The Hall–Kier alpha value is -3.06. The molecule has 0 atom stereocenters. The standard InChI is InChI=1S/C25H36N4O3/c1-25(2,3)32-24(30)28-16-8-15-27-23(26-4)29-17-20-11-13-22(14-12-20)19-31-18-21-9-6-5-7-10-21/h5-7,9-14H,8,15-19H2,1-4H3,(H,28,30)(H2,26,27,29). The molecule has 2 aromatic carbocycles. The summed E-state index contributed by atoms with van der Waals surface area (Å²) in [5, 5.41) is 9.29. The summed E-state index contributed by atoms with van der Waals surface area (Å²) >= 11 is 0. The van der Waals surface area contributed by atoms with Gasteiger partial charge >= 0.3 is 6.09 Å². The average molecular weight is 441 g/mol. The Morgan fingerprint density at radius 3 is 2.06 bits per heavy atom. The minimum absolute atomic E-state index is 0.395. The van der Waals surface area contributed by atoms with Gasteiger partial charge in [0.05, 0.1) is 13.2 Å². The average Bonchev–Trinajstić information content (AvgIpc) is 2.76. The van der Waals surface area contributed by atoms with Crippen molar-refractivity contribution in [1.82, 2.24) is 16.0 Å². The van der Waals surface area contributed by atoms with Gasteiger partial charge in [-0.15, -0.1) is 0 Å². The van der Waals surface area contributed by atoms with Gasteiger partial charge in [0.25, 0.3) is 0 Å². The van der Waals surface area contributed by atoms with Gasteiger partial charge in [0, 0.05) is 26.7 Å². The van der Waals surface area contributed by atoms with Crippen molar-refractivity contribution < 1.29 is 14.3 Å². The van der Waals surface area contributed by atoms with Gasteiger partial charge in [-0.1, -0.05) is 54.6 Å². The van der Waals surface area contributed by atoms with Gasteiger partial charge in [0.15, 0.2) is 5.96 Å². The Morgan fingerprint density at radius 2 is 1.44 bits per heavy atom. The zero-order chi connectivity index (χ0) is 23.2. The molecule has 0 spiro atoms. The highest BCUT2D eigenvalue weighted by molar-refractivity contribution is 5.79. The molecule has 1 amide bonds. The molecular formula is C25H36N4O3. The van der Waals surface area contributed by atoms with E-state index in [1.54, 1.807) is 7.05 Å². The molecule has 0 aliphatic rings. The quantitative estimate of drug-likeness (QED) is 0.296. The van der Waals surface area contributed by atoms with E-state index in [0.717, 1.165) is 23.5 Å². The van der Waals surface area contributed by atoms with Crippen molar-refractivity contribution in [1.29, 1.82) is 0 Å². The summed E-state index contributed by atoms with van der Waals surface area (Å²) in [6.45, 7) is 8.62. The number of benzene rings is 2. The molecule has 0 unspecified atom stereocenters. The number of ether oxygens (including phenoxy) is 2. The van der Waals surface area contributed by atoms with Crippen LogP contribution in [0.4, 0.5) is 4.79 Å². The number of aliphatic imine (C=N–C) groups is 1. The molecule has 0 radical (unpaired) electrons. The molecule has 2 aromatic rings. The first-order valence-corrected chi connectivity index (χ1v) is 11.0. The maximum Gasteiger partial charge on any atom is 0.407 e. The van der Waals surface area contributed by atoms with Crippen molar-refractivity contribution in [3.8, 4) is 0 Å². The van der Waals surface area contributed by atoms with Crippen LogP contribution >= 0.6 is 0 Å². The number of guanidine groups is 1. The first-order valence-electron chi connectivity index (χ1n) is 11.0. The lowest BCUT2D eigenvalue weighted by Gasteiger charge is -2.19. The fourth-order valence-corrected chi connectivity index (χ4v) is 2.82. The minimum atomic E-state index is -0.484. The molecule has 7 nitrogen and oxygen atoms in total. The normalized spacial score (nSPS) is 11.7. The van der Waals surface area contributed by atoms with Crippen molar-refractivity contribution in [3.63, 3.8) is 0 Å². The molecule has 0 aromatic heterocycles. The summed E-state index contributed by atoms with van der Waals surface area (Å²) in [6.07, 6.45) is 0.367. The molecule has 0 heterocycles. The van der Waals surface area contributed by atoms with Crippen LogP contribution in [-0.4, -0.2) is 37.8 Å². The maximum absolute atomic E-state index is 11.6. The SMILES string of the molecule is CN=C(NCCCNC(=O)OC(C)(C)C)NCc1ccc(COCc2ccccc2)cc1. The highest BCUT2D eigenvalue weighted by atomic mass is 16.6. The van der Waals surface area contributed by atoms with Crippen LogP contribution in [0.5, 0.6) is 0 Å². The summed E-state index contributed by atoms with van der Waals surface area (Å²) in [5.74, 6) is 0.720. The van der Waals surface area contributed by atoms with Gasteiger partial charge < -0.3 is 25.4 Å². The molecule has 0 saturated carbocycles. The molecule has 174 valence electrons. The van der Waals surface area contributed by atoms with Crippen LogP contribution in [0, 0.1) is 0 Å². The van der Waals surface area contributed by atoms with Crippen LogP contribution in [-0.2, 0) is 29.2 Å². The molecule has 7 heteroatoms. The minimum Gasteiger partial charge on any atom is -0.444 e. The Bertz CT molecular complexity index is 831. The number of rotatable bonds is 10. The molecule has 0 saturated heterocycles. The molecule has 0 aliphatic heterocycles. The first-order chi connectivity index (χ1) is 15.4. The summed E-state index contributed by atoms with van der Waals surface area (Å²) in [7, 11) is 1.74. The van der Waals surface area contributed by atoms with Crippen LogP contribution in [0.1, 0.15) is 43.9 Å². The number of carbonyl (C=O) groups excluding carboxylic acids is 1. The Morgan fingerprint density at radius 1 is 0.844 bits per heavy atom. The molecule has 2 rings (SSSR count). The number of nitrogens with zero attached hydrogens (tertiary/aromatic N) is 1. The fraction of sp³-hybridized carbons (Fsp3) is 0.440. The van der Waals surface area contributed by atoms with Crippen molar-refractivity contribution in [2.45, 2.75) is 52.6 Å². The van der Waals surface area contributed by atoms with E-state index in [0.29, 0.717) is 32.8 Å².